The average molecular weight is 669 g/mol. The summed E-state index contributed by atoms with van der Waals surface area (Å²) in [4.78, 5) is 33.8. The highest BCUT2D eigenvalue weighted by atomic mass is 32.2. The van der Waals surface area contributed by atoms with Crippen molar-refractivity contribution in [1.82, 2.24) is 14.8 Å². The molecule has 1 aromatic heterocycles. The molecule has 3 amide bonds. The number of nitrogens with one attached hydrogen (secondary N) is 1. The molecule has 4 aromatic rings. The maximum absolute atomic E-state index is 15.0. The summed E-state index contributed by atoms with van der Waals surface area (Å²) in [5.41, 5.74) is -1.55. The smallest absolute Gasteiger partial charge is 0.494 e. The molecule has 0 bridgehead atoms. The zero-order chi connectivity index (χ0) is 33.2. The van der Waals surface area contributed by atoms with Crippen molar-refractivity contribution in [3.8, 4) is 28.6 Å². The van der Waals surface area contributed by atoms with Gasteiger partial charge in [-0.15, -0.1) is 18.3 Å². The van der Waals surface area contributed by atoms with Gasteiger partial charge in [-0.1, -0.05) is 11.8 Å². The lowest BCUT2D eigenvalue weighted by Crippen LogP contribution is -2.32. The Morgan fingerprint density at radius 3 is 2.39 bits per heavy atom. The van der Waals surface area contributed by atoms with Gasteiger partial charge in [-0.05, 0) is 61.5 Å². The highest BCUT2D eigenvalue weighted by molar-refractivity contribution is 8.15. The summed E-state index contributed by atoms with van der Waals surface area (Å²) in [5, 5.41) is 6.02. The first-order valence-corrected chi connectivity index (χ1v) is 14.0. The molecule has 0 aliphatic carbocycles. The number of amidine groups is 1. The Morgan fingerprint density at radius 1 is 1.02 bits per heavy atom. The summed E-state index contributed by atoms with van der Waals surface area (Å²) in [7, 11) is 0. The number of carbonyl (C=O) groups excluding carboxylic acids is 2. The highest BCUT2D eigenvalue weighted by Crippen LogP contribution is 2.41. The van der Waals surface area contributed by atoms with Gasteiger partial charge in [0.15, 0.2) is 11.0 Å². The molecule has 1 saturated heterocycles. The minimum absolute atomic E-state index is 0.0406. The number of thioether (sulfide) groups is 1. The van der Waals surface area contributed by atoms with Gasteiger partial charge in [0.2, 0.25) is 5.91 Å². The van der Waals surface area contributed by atoms with E-state index >= 15 is 0 Å². The molecule has 5 rings (SSSR count). The zero-order valence-electron chi connectivity index (χ0n) is 23.2. The summed E-state index contributed by atoms with van der Waals surface area (Å²) in [6.07, 6.45) is -8.44. The molecule has 0 unspecified atom stereocenters. The molecule has 18 heteroatoms. The van der Waals surface area contributed by atoms with Crippen molar-refractivity contribution in [2.45, 2.75) is 19.5 Å². The number of aliphatic imine (C=N–C) groups is 1. The Morgan fingerprint density at radius 2 is 1.74 bits per heavy atom. The van der Waals surface area contributed by atoms with Gasteiger partial charge in [0.1, 0.15) is 23.6 Å². The number of aromatic nitrogens is 3. The minimum Gasteiger partial charge on any atom is -0.494 e. The largest absolute Gasteiger partial charge is 0.573 e. The third-order valence-corrected chi connectivity index (χ3v) is 7.01. The van der Waals surface area contributed by atoms with E-state index in [0.717, 1.165) is 48.2 Å². The molecule has 1 fully saturated rings. The fourth-order valence-corrected chi connectivity index (χ4v) is 5.04. The van der Waals surface area contributed by atoms with Crippen LogP contribution in [0.15, 0.2) is 72.0 Å². The van der Waals surface area contributed by atoms with Crippen molar-refractivity contribution in [2.24, 2.45) is 4.99 Å². The van der Waals surface area contributed by atoms with Crippen molar-refractivity contribution < 1.29 is 49.8 Å². The lowest BCUT2D eigenvalue weighted by molar-refractivity contribution is -0.274. The molecule has 0 saturated carbocycles. The fraction of sp³-hybridized carbons (Fsp3) is 0.179. The number of halogens is 7. The molecule has 1 aliphatic rings. The second-order valence-corrected chi connectivity index (χ2v) is 10.1. The van der Waals surface area contributed by atoms with E-state index in [9.17, 15) is 40.3 Å². The summed E-state index contributed by atoms with van der Waals surface area (Å²) < 4.78 is 104. The number of nitrogens with zero attached hydrogens (tertiary/aromatic N) is 5. The van der Waals surface area contributed by atoms with Crippen LogP contribution in [0.1, 0.15) is 12.5 Å². The van der Waals surface area contributed by atoms with Crippen LogP contribution in [-0.4, -0.2) is 50.6 Å². The fourth-order valence-electron chi connectivity index (χ4n) is 4.18. The number of rotatable bonds is 7. The van der Waals surface area contributed by atoms with Gasteiger partial charge in [0.25, 0.3) is 0 Å². The van der Waals surface area contributed by atoms with E-state index in [0.29, 0.717) is 10.6 Å². The number of amides is 3. The quantitative estimate of drug-likeness (QED) is 0.210. The number of hydrogen-bond acceptors (Lipinski definition) is 7. The first kappa shape index (κ1) is 32.3. The van der Waals surface area contributed by atoms with E-state index in [1.54, 1.807) is 6.92 Å². The van der Waals surface area contributed by atoms with Gasteiger partial charge in [0, 0.05) is 11.6 Å². The molecular weight excluding hydrogens is 649 g/mol. The van der Waals surface area contributed by atoms with Crippen LogP contribution < -0.4 is 19.7 Å². The van der Waals surface area contributed by atoms with Gasteiger partial charge in [-0.3, -0.25) is 9.69 Å². The Hall–Kier alpha value is -5.13. The number of urea groups is 1. The molecule has 0 radical (unpaired) electrons. The standard InChI is InChI=1S/C28H19F7N6O4S/c1-2-44-18-8-9-19(27(30,31)32)22(12-18)41-23(42)13-46-26(41)38-25(43)37-21-10-3-15(11-20(21)29)24-36-14-40(39-24)16-4-6-17(7-5-16)45-28(33,34)35/h3-12,14H,2,13H2,1H3,(H,37,43)/b38-26-. The molecule has 10 nitrogen and oxygen atoms in total. The van der Waals surface area contributed by atoms with Gasteiger partial charge in [-0.2, -0.15) is 18.2 Å². The van der Waals surface area contributed by atoms with Crippen molar-refractivity contribution in [2.75, 3.05) is 22.6 Å². The Kier molecular flexibility index (Phi) is 8.91. The molecule has 3 aromatic carbocycles. The average Bonchev–Trinajstić information content (AvgIpc) is 3.60. The molecule has 2 heterocycles. The van der Waals surface area contributed by atoms with E-state index in [2.05, 4.69) is 25.1 Å². The number of ether oxygens (including phenoxy) is 2. The van der Waals surface area contributed by atoms with Crippen LogP contribution in [0.3, 0.4) is 0 Å². The molecule has 0 atom stereocenters. The number of alkyl halides is 6. The van der Waals surface area contributed by atoms with E-state index in [1.807, 2.05) is 0 Å². The molecule has 46 heavy (non-hydrogen) atoms. The molecule has 1 aliphatic heterocycles. The van der Waals surface area contributed by atoms with Gasteiger partial charge < -0.3 is 14.8 Å². The minimum atomic E-state index is -4.85. The van der Waals surface area contributed by atoms with E-state index < -0.39 is 47.3 Å². The third-order valence-electron chi connectivity index (χ3n) is 6.08. The number of benzene rings is 3. The predicted octanol–water partition coefficient (Wildman–Crippen LogP) is 7.06. The van der Waals surface area contributed by atoms with Crippen LogP contribution in [-0.2, 0) is 11.0 Å². The Balaban J connectivity index is 1.33. The first-order valence-electron chi connectivity index (χ1n) is 13.0. The normalized spacial score (nSPS) is 14.6. The van der Waals surface area contributed by atoms with Crippen LogP contribution in [0.5, 0.6) is 11.5 Å². The maximum Gasteiger partial charge on any atom is 0.573 e. The summed E-state index contributed by atoms with van der Waals surface area (Å²) in [5.74, 6) is -2.33. The second kappa shape index (κ2) is 12.7. The maximum atomic E-state index is 15.0. The Labute approximate surface area is 258 Å². The van der Waals surface area contributed by atoms with Crippen molar-refractivity contribution in [3.63, 3.8) is 0 Å². The predicted molar refractivity (Wildman–Crippen MR) is 152 cm³/mol. The molecule has 0 spiro atoms. The van der Waals surface area contributed by atoms with Crippen molar-refractivity contribution >= 4 is 40.2 Å². The topological polar surface area (TPSA) is 111 Å². The number of carbonyl (C=O) groups is 2. The van der Waals surface area contributed by atoms with Crippen LogP contribution in [0, 0.1) is 5.82 Å². The molecular formula is C28H19F7N6O4S. The summed E-state index contributed by atoms with van der Waals surface area (Å²) in [6, 6.07) is 10.0. The monoisotopic (exact) mass is 668 g/mol. The second-order valence-electron chi connectivity index (χ2n) is 9.20. The lowest BCUT2D eigenvalue weighted by Gasteiger charge is -2.22. The van der Waals surface area contributed by atoms with Gasteiger partial charge in [-0.25, -0.2) is 18.9 Å². The van der Waals surface area contributed by atoms with Crippen molar-refractivity contribution in [3.05, 3.63) is 78.4 Å². The Bertz CT molecular complexity index is 1810. The first-order chi connectivity index (χ1) is 21.7. The van der Waals surface area contributed by atoms with Gasteiger partial charge >= 0.3 is 18.6 Å². The number of anilines is 2. The van der Waals surface area contributed by atoms with Crippen LogP contribution in [0.4, 0.5) is 46.9 Å². The van der Waals surface area contributed by atoms with Crippen molar-refractivity contribution in [1.29, 1.82) is 0 Å². The SMILES string of the molecule is CCOc1ccc(C(F)(F)F)c(N2C(=O)CS/C2=N\C(=O)Nc2ccc(-c3ncn(-c4ccc(OC(F)(F)F)cc4)n3)cc2F)c1. The van der Waals surface area contributed by atoms with E-state index in [1.165, 1.54) is 35.3 Å². The van der Waals surface area contributed by atoms with E-state index in [-0.39, 0.29) is 40.4 Å². The third kappa shape index (κ3) is 7.39. The molecule has 240 valence electrons. The summed E-state index contributed by atoms with van der Waals surface area (Å²) >= 11 is 0.726. The lowest BCUT2D eigenvalue weighted by atomic mass is 10.1. The van der Waals surface area contributed by atoms with Crippen LogP contribution in [0.25, 0.3) is 17.1 Å². The number of hydrogen-bond donors (Lipinski definition) is 1. The highest BCUT2D eigenvalue weighted by Gasteiger charge is 2.40. The zero-order valence-corrected chi connectivity index (χ0v) is 24.0. The van der Waals surface area contributed by atoms with Gasteiger partial charge in [0.05, 0.1) is 35.0 Å². The van der Waals surface area contributed by atoms with E-state index in [4.69, 9.17) is 4.74 Å². The van der Waals surface area contributed by atoms with Crippen LogP contribution in [0.2, 0.25) is 0 Å². The molecule has 1 N–H and O–H groups in total. The summed E-state index contributed by atoms with van der Waals surface area (Å²) in [6.45, 7) is 1.78. The van der Waals surface area contributed by atoms with Crippen LogP contribution >= 0.6 is 11.8 Å².